The first-order chi connectivity index (χ1) is 18.9. The fourth-order valence-corrected chi connectivity index (χ4v) is 7.46. The van der Waals surface area contributed by atoms with Crippen molar-refractivity contribution in [3.8, 4) is 22.7 Å². The summed E-state index contributed by atoms with van der Waals surface area (Å²) in [6.45, 7) is 5.05. The maximum Gasteiger partial charge on any atom is 0.275 e. The second kappa shape index (κ2) is 9.44. The lowest BCUT2D eigenvalue weighted by molar-refractivity contribution is 0.0258. The zero-order valence-corrected chi connectivity index (χ0v) is 22.5. The number of carbonyl (C=O) groups excluding carboxylic acids is 1. The number of hydrogen-bond donors (Lipinski definition) is 0. The summed E-state index contributed by atoms with van der Waals surface area (Å²) in [5.41, 5.74) is 3.72. The molecule has 4 aliphatic rings. The van der Waals surface area contributed by atoms with Crippen molar-refractivity contribution in [3.05, 3.63) is 59.3 Å². The molecule has 0 N–H and O–H groups in total. The third-order valence-electron chi connectivity index (χ3n) is 8.02. The first-order valence-electron chi connectivity index (χ1n) is 13.3. The molecule has 2 saturated heterocycles. The van der Waals surface area contributed by atoms with Gasteiger partial charge in [-0.1, -0.05) is 12.1 Å². The van der Waals surface area contributed by atoms with E-state index in [2.05, 4.69) is 17.0 Å². The van der Waals surface area contributed by atoms with Crippen molar-refractivity contribution in [2.75, 3.05) is 46.6 Å². The lowest BCUT2D eigenvalue weighted by atomic mass is 10.0. The molecule has 204 valence electrons. The van der Waals surface area contributed by atoms with E-state index in [9.17, 15) is 13.2 Å². The van der Waals surface area contributed by atoms with E-state index in [1.165, 1.54) is 12.7 Å². The minimum Gasteiger partial charge on any atom is -0.497 e. The van der Waals surface area contributed by atoms with Crippen molar-refractivity contribution in [2.24, 2.45) is 0 Å². The quantitative estimate of drug-likeness (QED) is 0.477. The summed E-state index contributed by atoms with van der Waals surface area (Å²) in [5, 5.41) is 4.80. The van der Waals surface area contributed by atoms with Crippen LogP contribution in [0.15, 0.2) is 47.4 Å². The minimum absolute atomic E-state index is 0.0308. The van der Waals surface area contributed by atoms with Crippen LogP contribution >= 0.6 is 0 Å². The van der Waals surface area contributed by atoms with Gasteiger partial charge in [0.25, 0.3) is 5.91 Å². The van der Waals surface area contributed by atoms with Crippen LogP contribution in [0, 0.1) is 0 Å². The minimum atomic E-state index is -3.71. The highest BCUT2D eigenvalue weighted by molar-refractivity contribution is 7.91. The van der Waals surface area contributed by atoms with Crippen molar-refractivity contribution in [1.82, 2.24) is 19.6 Å². The van der Waals surface area contributed by atoms with Crippen LogP contribution in [0.2, 0.25) is 0 Å². The van der Waals surface area contributed by atoms with Crippen LogP contribution in [-0.2, 0) is 31.6 Å². The molecule has 1 aromatic heterocycles. The van der Waals surface area contributed by atoms with Gasteiger partial charge in [-0.15, -0.1) is 0 Å². The van der Waals surface area contributed by atoms with Crippen molar-refractivity contribution < 1.29 is 27.4 Å². The van der Waals surface area contributed by atoms with E-state index in [0.29, 0.717) is 35.7 Å². The number of methoxy groups -OCH3 is 1. The molecule has 0 bridgehead atoms. The second-order valence-corrected chi connectivity index (χ2v) is 12.4. The van der Waals surface area contributed by atoms with E-state index in [-0.39, 0.29) is 34.4 Å². The van der Waals surface area contributed by atoms with Crippen molar-refractivity contribution >= 4 is 15.7 Å². The van der Waals surface area contributed by atoms with Gasteiger partial charge in [0.2, 0.25) is 0 Å². The number of nitrogens with zero attached hydrogens (tertiary/aromatic N) is 4. The molecule has 7 rings (SSSR count). The lowest BCUT2D eigenvalue weighted by Gasteiger charge is -2.26. The highest BCUT2D eigenvalue weighted by atomic mass is 32.2. The molecule has 3 aliphatic heterocycles. The van der Waals surface area contributed by atoms with E-state index in [1.54, 1.807) is 27.8 Å². The molecule has 39 heavy (non-hydrogen) atoms. The number of carbonyl (C=O) groups is 1. The third kappa shape index (κ3) is 4.33. The molecule has 3 aromatic rings. The maximum atomic E-state index is 13.8. The van der Waals surface area contributed by atoms with E-state index in [1.807, 2.05) is 12.1 Å². The molecule has 1 saturated carbocycles. The molecule has 10 nitrogen and oxygen atoms in total. The zero-order valence-electron chi connectivity index (χ0n) is 21.7. The van der Waals surface area contributed by atoms with Crippen LogP contribution in [-0.4, -0.2) is 92.6 Å². The summed E-state index contributed by atoms with van der Waals surface area (Å²) in [5.74, 6) is -0.0717. The maximum absolute atomic E-state index is 13.8. The van der Waals surface area contributed by atoms with Gasteiger partial charge in [-0.05, 0) is 42.3 Å². The average molecular weight is 551 g/mol. The summed E-state index contributed by atoms with van der Waals surface area (Å²) < 4.78 is 45.1. The smallest absolute Gasteiger partial charge is 0.275 e. The van der Waals surface area contributed by atoms with Crippen LogP contribution in [0.5, 0.6) is 5.75 Å². The van der Waals surface area contributed by atoms with E-state index < -0.39 is 9.84 Å². The number of amides is 1. The SMILES string of the molecule is COc1ccc2c(c1)S(=O)(=O)Cc1c(C(=O)N3CCOC4CC43)nn(-c3ccc(CN4CCOCC4)cc3)c1-2. The predicted octanol–water partition coefficient (Wildman–Crippen LogP) is 2.28. The van der Waals surface area contributed by atoms with Crippen LogP contribution in [0.3, 0.4) is 0 Å². The number of hydrogen-bond acceptors (Lipinski definition) is 8. The Balaban J connectivity index is 1.32. The Morgan fingerprint density at radius 1 is 1.08 bits per heavy atom. The van der Waals surface area contributed by atoms with Gasteiger partial charge >= 0.3 is 0 Å². The molecule has 4 heterocycles. The Labute approximate surface area is 227 Å². The number of ether oxygens (including phenoxy) is 3. The van der Waals surface area contributed by atoms with Crippen LogP contribution in [0.25, 0.3) is 16.9 Å². The van der Waals surface area contributed by atoms with Gasteiger partial charge in [0.1, 0.15) is 5.75 Å². The van der Waals surface area contributed by atoms with Gasteiger partial charge in [0.05, 0.1) is 61.1 Å². The number of fused-ring (bicyclic) bond motifs is 4. The zero-order chi connectivity index (χ0) is 26.7. The lowest BCUT2D eigenvalue weighted by Crippen LogP contribution is -2.41. The first-order valence-corrected chi connectivity index (χ1v) is 14.9. The molecule has 11 heteroatoms. The number of morpholine rings is 2. The highest BCUT2D eigenvalue weighted by Crippen LogP contribution is 2.43. The predicted molar refractivity (Wildman–Crippen MR) is 142 cm³/mol. The van der Waals surface area contributed by atoms with E-state index in [4.69, 9.17) is 19.3 Å². The van der Waals surface area contributed by atoms with Crippen molar-refractivity contribution in [1.29, 1.82) is 0 Å². The van der Waals surface area contributed by atoms with Crippen LogP contribution < -0.4 is 4.74 Å². The van der Waals surface area contributed by atoms with E-state index >= 15 is 0 Å². The Morgan fingerprint density at radius 3 is 2.64 bits per heavy atom. The van der Waals surface area contributed by atoms with Gasteiger partial charge in [-0.2, -0.15) is 5.10 Å². The fraction of sp³-hybridized carbons (Fsp3) is 0.429. The van der Waals surface area contributed by atoms with Gasteiger partial charge in [0.15, 0.2) is 15.5 Å². The Morgan fingerprint density at radius 2 is 1.87 bits per heavy atom. The average Bonchev–Trinajstić information content (AvgIpc) is 3.67. The van der Waals surface area contributed by atoms with E-state index in [0.717, 1.165) is 45.0 Å². The molecule has 1 aliphatic carbocycles. The molecular weight excluding hydrogens is 520 g/mol. The first kappa shape index (κ1) is 24.8. The van der Waals surface area contributed by atoms with Crippen LogP contribution in [0.1, 0.15) is 28.0 Å². The van der Waals surface area contributed by atoms with Gasteiger partial charge < -0.3 is 19.1 Å². The normalized spacial score (nSPS) is 23.5. The topological polar surface area (TPSA) is 103 Å². The molecule has 3 fully saturated rings. The molecule has 2 unspecified atom stereocenters. The summed E-state index contributed by atoms with van der Waals surface area (Å²) in [6.07, 6.45) is 0.872. The molecule has 0 radical (unpaired) electrons. The summed E-state index contributed by atoms with van der Waals surface area (Å²) in [7, 11) is -2.20. The molecule has 1 amide bonds. The van der Waals surface area contributed by atoms with Gasteiger partial charge in [-0.3, -0.25) is 9.69 Å². The third-order valence-corrected chi connectivity index (χ3v) is 9.69. The molecular formula is C28H30N4O6S. The largest absolute Gasteiger partial charge is 0.497 e. The summed E-state index contributed by atoms with van der Waals surface area (Å²) in [6, 6.07) is 13.2. The Hall–Kier alpha value is -3.25. The standard InChI is InChI=1S/C28H30N4O6S/c1-36-20-6-7-21-25(14-20)39(34,35)17-22-26(28(33)31-10-13-38-24-15-23(24)31)29-32(27(21)22)19-4-2-18(3-5-19)16-30-8-11-37-12-9-30/h2-7,14,23-24H,8-13,15-17H2,1H3. The molecule has 2 atom stereocenters. The van der Waals surface area contributed by atoms with Crippen molar-refractivity contribution in [3.63, 3.8) is 0 Å². The second-order valence-electron chi connectivity index (χ2n) is 10.5. The molecule has 0 spiro atoms. The van der Waals surface area contributed by atoms with Gasteiger partial charge in [0, 0.05) is 37.3 Å². The summed E-state index contributed by atoms with van der Waals surface area (Å²) >= 11 is 0. The number of rotatable bonds is 5. The highest BCUT2D eigenvalue weighted by Gasteiger charge is 2.49. The monoisotopic (exact) mass is 550 g/mol. The Bertz CT molecular complexity index is 1540. The molecule has 2 aromatic carbocycles. The number of sulfone groups is 1. The number of benzene rings is 2. The fourth-order valence-electron chi connectivity index (χ4n) is 5.86. The van der Waals surface area contributed by atoms with Crippen LogP contribution in [0.4, 0.5) is 0 Å². The van der Waals surface area contributed by atoms with Gasteiger partial charge in [-0.25, -0.2) is 13.1 Å². The van der Waals surface area contributed by atoms with Crippen molar-refractivity contribution in [2.45, 2.75) is 35.8 Å². The number of aromatic nitrogens is 2. The summed E-state index contributed by atoms with van der Waals surface area (Å²) in [4.78, 5) is 18.2. The Kier molecular flexibility index (Phi) is 6.00.